The summed E-state index contributed by atoms with van der Waals surface area (Å²) in [6.45, 7) is 1.02. The van der Waals surface area contributed by atoms with Crippen molar-refractivity contribution in [3.8, 4) is 0 Å². The van der Waals surface area contributed by atoms with Gasteiger partial charge >= 0.3 is 5.97 Å². The number of rotatable bonds is 5. The van der Waals surface area contributed by atoms with Gasteiger partial charge in [-0.05, 0) is 29.6 Å². The van der Waals surface area contributed by atoms with E-state index < -0.39 is 16.0 Å². The third-order valence-corrected chi connectivity index (χ3v) is 7.09. The number of sulfonamides is 1. The predicted octanol–water partition coefficient (Wildman–Crippen LogP) is 1.71. The highest BCUT2D eigenvalue weighted by Gasteiger charge is 2.41. The van der Waals surface area contributed by atoms with Crippen LogP contribution < -0.4 is 5.73 Å². The summed E-state index contributed by atoms with van der Waals surface area (Å²) in [5.41, 5.74) is 6.78. The second-order valence-electron chi connectivity index (χ2n) is 5.85. The first kappa shape index (κ1) is 20.8. The summed E-state index contributed by atoms with van der Waals surface area (Å²) in [5, 5.41) is 1.37. The Morgan fingerprint density at radius 1 is 1.35 bits per heavy atom. The molecule has 0 unspecified atom stereocenters. The molecule has 10 heteroatoms. The van der Waals surface area contributed by atoms with E-state index in [1.54, 1.807) is 0 Å². The van der Waals surface area contributed by atoms with Crippen molar-refractivity contribution in [1.82, 2.24) is 8.68 Å². The number of nitrogens with zero attached hydrogens (tertiary/aromatic N) is 2. The van der Waals surface area contributed by atoms with E-state index in [4.69, 9.17) is 5.73 Å². The van der Waals surface area contributed by atoms with Crippen molar-refractivity contribution in [2.75, 3.05) is 26.7 Å². The van der Waals surface area contributed by atoms with Gasteiger partial charge in [0.25, 0.3) is 0 Å². The van der Waals surface area contributed by atoms with Crippen LogP contribution in [0.25, 0.3) is 0 Å². The average Bonchev–Trinajstić information content (AvgIpc) is 3.29. The van der Waals surface area contributed by atoms with Gasteiger partial charge in [-0.15, -0.1) is 12.4 Å². The molecule has 1 saturated heterocycles. The van der Waals surface area contributed by atoms with Gasteiger partial charge in [0.2, 0.25) is 10.0 Å². The Labute approximate surface area is 162 Å². The Bertz CT molecular complexity index is 857. The van der Waals surface area contributed by atoms with E-state index in [9.17, 15) is 13.2 Å². The molecule has 1 aromatic carbocycles. The van der Waals surface area contributed by atoms with Crippen molar-refractivity contribution >= 4 is 39.9 Å². The van der Waals surface area contributed by atoms with Crippen molar-refractivity contribution in [2.45, 2.75) is 10.8 Å². The number of halogens is 1. The first-order chi connectivity index (χ1) is 12.0. The number of hydrogen-bond donors (Lipinski definition) is 1. The number of aromatic nitrogens is 1. The van der Waals surface area contributed by atoms with Crippen LogP contribution in [0.1, 0.15) is 22.0 Å². The number of carbonyl (C=O) groups is 1. The van der Waals surface area contributed by atoms with Crippen LogP contribution in [-0.2, 0) is 14.8 Å². The quantitative estimate of drug-likeness (QED) is 0.743. The smallest absolute Gasteiger partial charge is 0.359 e. The van der Waals surface area contributed by atoms with Crippen molar-refractivity contribution < 1.29 is 17.9 Å². The van der Waals surface area contributed by atoms with Gasteiger partial charge in [0.1, 0.15) is 4.90 Å². The maximum atomic E-state index is 13.0. The lowest BCUT2D eigenvalue weighted by atomic mass is 9.89. The van der Waals surface area contributed by atoms with Crippen LogP contribution in [0.5, 0.6) is 0 Å². The maximum Gasteiger partial charge on any atom is 0.359 e. The van der Waals surface area contributed by atoms with Crippen LogP contribution in [-0.4, -0.2) is 49.8 Å². The number of methoxy groups -OCH3 is 1. The molecule has 0 spiro atoms. The fourth-order valence-corrected chi connectivity index (χ4v) is 5.74. The monoisotopic (exact) mass is 417 g/mol. The summed E-state index contributed by atoms with van der Waals surface area (Å²) in [4.78, 5) is 11.7. The zero-order valence-corrected chi connectivity index (χ0v) is 16.5. The van der Waals surface area contributed by atoms with E-state index in [2.05, 4.69) is 9.11 Å². The van der Waals surface area contributed by atoms with Gasteiger partial charge in [-0.25, -0.2) is 13.2 Å². The van der Waals surface area contributed by atoms with E-state index in [0.29, 0.717) is 19.6 Å². The molecule has 2 heterocycles. The molecule has 1 fully saturated rings. The molecule has 1 aliphatic rings. The third-order valence-electron chi connectivity index (χ3n) is 4.47. The number of benzene rings is 1. The van der Waals surface area contributed by atoms with E-state index in [0.717, 1.165) is 17.1 Å². The molecule has 142 valence electrons. The van der Waals surface area contributed by atoms with Gasteiger partial charge < -0.3 is 10.5 Å². The van der Waals surface area contributed by atoms with Crippen LogP contribution in [0.4, 0.5) is 0 Å². The highest BCUT2D eigenvalue weighted by molar-refractivity contribution is 7.89. The lowest BCUT2D eigenvalue weighted by Crippen LogP contribution is -2.31. The van der Waals surface area contributed by atoms with Gasteiger partial charge in [-0.3, -0.25) is 0 Å². The molecule has 26 heavy (non-hydrogen) atoms. The Kier molecular flexibility index (Phi) is 6.75. The first-order valence-corrected chi connectivity index (χ1v) is 10.0. The second-order valence-corrected chi connectivity index (χ2v) is 8.39. The maximum absolute atomic E-state index is 13.0. The summed E-state index contributed by atoms with van der Waals surface area (Å²) in [7, 11) is -2.64. The highest BCUT2D eigenvalue weighted by Crippen LogP contribution is 2.36. The fraction of sp³-hybridized carbons (Fsp3) is 0.375. The summed E-state index contributed by atoms with van der Waals surface area (Å²) in [5.74, 6) is -0.714. The van der Waals surface area contributed by atoms with Crippen molar-refractivity contribution in [2.24, 2.45) is 11.7 Å². The number of nitrogens with two attached hydrogens (primary N) is 1. The minimum atomic E-state index is -3.84. The molecule has 0 saturated carbocycles. The Morgan fingerprint density at radius 3 is 2.65 bits per heavy atom. The SMILES string of the molecule is COC(=O)c1nscc1S(=O)(=O)N1C[C@@H](CN)[C@H](c2ccccc2)C1.Cl. The zero-order valence-electron chi connectivity index (χ0n) is 14.1. The molecule has 1 aromatic heterocycles. The zero-order chi connectivity index (χ0) is 18.0. The minimum absolute atomic E-state index is 0. The number of hydrogen-bond acceptors (Lipinski definition) is 7. The molecule has 0 aliphatic carbocycles. The van der Waals surface area contributed by atoms with E-state index in [1.807, 2.05) is 30.3 Å². The van der Waals surface area contributed by atoms with Crippen molar-refractivity contribution in [3.05, 3.63) is 47.0 Å². The molecule has 7 nitrogen and oxygen atoms in total. The van der Waals surface area contributed by atoms with E-state index in [-0.39, 0.29) is 34.8 Å². The minimum Gasteiger partial charge on any atom is -0.464 e. The number of esters is 1. The largest absolute Gasteiger partial charge is 0.464 e. The Hall–Kier alpha value is -1.52. The molecular formula is C16H20ClN3O4S2. The molecule has 1 aliphatic heterocycles. The molecule has 3 rings (SSSR count). The highest BCUT2D eigenvalue weighted by atomic mass is 35.5. The molecule has 2 N–H and O–H groups in total. The van der Waals surface area contributed by atoms with Gasteiger partial charge in [-0.2, -0.15) is 8.68 Å². The molecule has 0 amide bonds. The molecule has 0 bridgehead atoms. The topological polar surface area (TPSA) is 103 Å². The van der Waals surface area contributed by atoms with Crippen LogP contribution in [0, 0.1) is 5.92 Å². The van der Waals surface area contributed by atoms with Gasteiger partial charge in [0.15, 0.2) is 5.69 Å². The first-order valence-electron chi connectivity index (χ1n) is 7.77. The lowest BCUT2D eigenvalue weighted by molar-refractivity contribution is 0.0590. The van der Waals surface area contributed by atoms with E-state index in [1.165, 1.54) is 16.8 Å². The van der Waals surface area contributed by atoms with Crippen molar-refractivity contribution in [1.29, 1.82) is 0 Å². The fourth-order valence-electron chi connectivity index (χ4n) is 3.13. The standard InChI is InChI=1S/C16H19N3O4S2.ClH/c1-23-16(20)15-14(10-24-18-15)25(21,22)19-8-12(7-17)13(9-19)11-5-3-2-4-6-11;/h2-6,10,12-13H,7-9,17H2,1H3;1H/t12-,13+;/m1./s1. The summed E-state index contributed by atoms with van der Waals surface area (Å²) < 4.78 is 35.9. The second kappa shape index (κ2) is 8.45. The predicted molar refractivity (Wildman–Crippen MR) is 101 cm³/mol. The Balaban J connectivity index is 0.00000243. The lowest BCUT2D eigenvalue weighted by Gasteiger charge is -2.16. The molecule has 2 atom stereocenters. The van der Waals surface area contributed by atoms with E-state index >= 15 is 0 Å². The van der Waals surface area contributed by atoms with Crippen LogP contribution >= 0.6 is 23.9 Å². The number of carbonyl (C=O) groups excluding carboxylic acids is 1. The van der Waals surface area contributed by atoms with Gasteiger partial charge in [0.05, 0.1) is 7.11 Å². The molecule has 0 radical (unpaired) electrons. The van der Waals surface area contributed by atoms with Crippen molar-refractivity contribution in [3.63, 3.8) is 0 Å². The average molecular weight is 418 g/mol. The molecule has 2 aromatic rings. The summed E-state index contributed by atoms with van der Waals surface area (Å²) in [6.07, 6.45) is 0. The van der Waals surface area contributed by atoms with Crippen LogP contribution in [0.2, 0.25) is 0 Å². The van der Waals surface area contributed by atoms with Crippen LogP contribution in [0.3, 0.4) is 0 Å². The molecular weight excluding hydrogens is 398 g/mol. The summed E-state index contributed by atoms with van der Waals surface area (Å²) in [6, 6.07) is 9.74. The van der Waals surface area contributed by atoms with Crippen LogP contribution in [0.15, 0.2) is 40.6 Å². The summed E-state index contributed by atoms with van der Waals surface area (Å²) >= 11 is 0.918. The number of ether oxygens (including phenoxy) is 1. The third kappa shape index (κ3) is 3.77. The normalized spacial score (nSPS) is 20.5. The van der Waals surface area contributed by atoms with Gasteiger partial charge in [-0.1, -0.05) is 30.3 Å². The van der Waals surface area contributed by atoms with Gasteiger partial charge in [0, 0.05) is 24.4 Å². The Morgan fingerprint density at radius 2 is 2.04 bits per heavy atom.